The minimum absolute atomic E-state index is 0.0407. The molecular formula is C17H17BrN2O3S. The number of nitro benzene ring substituents is 1. The summed E-state index contributed by atoms with van der Waals surface area (Å²) in [4.78, 5) is 23.4. The lowest BCUT2D eigenvalue weighted by Crippen LogP contribution is -2.33. The molecule has 0 aliphatic heterocycles. The monoisotopic (exact) mass is 408 g/mol. The predicted octanol–water partition coefficient (Wildman–Crippen LogP) is 4.72. The SMILES string of the molecule is CC(Sc1ccc([N+](=O)[O-])cc1)C(=O)NC(C)c1ccccc1Br. The summed E-state index contributed by atoms with van der Waals surface area (Å²) in [5, 5.41) is 13.3. The van der Waals surface area contributed by atoms with Gasteiger partial charge in [-0.15, -0.1) is 11.8 Å². The van der Waals surface area contributed by atoms with Gasteiger partial charge in [0.2, 0.25) is 5.91 Å². The third kappa shape index (κ3) is 4.82. The Kier molecular flexibility index (Phi) is 6.39. The first-order chi connectivity index (χ1) is 11.4. The molecule has 2 atom stereocenters. The third-order valence-corrected chi connectivity index (χ3v) is 5.29. The average molecular weight is 409 g/mol. The minimum Gasteiger partial charge on any atom is -0.349 e. The van der Waals surface area contributed by atoms with Crippen LogP contribution in [0, 0.1) is 10.1 Å². The molecule has 2 rings (SSSR count). The molecule has 0 saturated heterocycles. The number of nitrogens with one attached hydrogen (secondary N) is 1. The topological polar surface area (TPSA) is 72.2 Å². The molecule has 1 amide bonds. The van der Waals surface area contributed by atoms with Crippen molar-refractivity contribution in [1.29, 1.82) is 0 Å². The Morgan fingerprint density at radius 3 is 2.38 bits per heavy atom. The van der Waals surface area contributed by atoms with Gasteiger partial charge < -0.3 is 5.32 Å². The summed E-state index contributed by atoms with van der Waals surface area (Å²) in [6.45, 7) is 3.75. The van der Waals surface area contributed by atoms with E-state index in [1.165, 1.54) is 23.9 Å². The van der Waals surface area contributed by atoms with E-state index in [1.54, 1.807) is 12.1 Å². The van der Waals surface area contributed by atoms with E-state index in [0.717, 1.165) is 14.9 Å². The van der Waals surface area contributed by atoms with Crippen molar-refractivity contribution in [2.75, 3.05) is 0 Å². The first-order valence-corrected chi connectivity index (χ1v) is 9.01. The molecule has 2 aromatic rings. The molecule has 2 unspecified atom stereocenters. The zero-order valence-corrected chi connectivity index (χ0v) is 15.6. The molecule has 0 spiro atoms. The molecule has 2 aromatic carbocycles. The van der Waals surface area contributed by atoms with Crippen LogP contribution >= 0.6 is 27.7 Å². The second-order valence-electron chi connectivity index (χ2n) is 5.26. The summed E-state index contributed by atoms with van der Waals surface area (Å²) in [6.07, 6.45) is 0. The van der Waals surface area contributed by atoms with E-state index in [-0.39, 0.29) is 22.9 Å². The van der Waals surface area contributed by atoms with Gasteiger partial charge in [0, 0.05) is 21.5 Å². The second kappa shape index (κ2) is 8.30. The lowest BCUT2D eigenvalue weighted by atomic mass is 10.1. The number of halogens is 1. The Bertz CT molecular complexity index is 737. The number of non-ortho nitro benzene ring substituents is 1. The van der Waals surface area contributed by atoms with Gasteiger partial charge in [-0.25, -0.2) is 0 Å². The maximum absolute atomic E-state index is 12.4. The Morgan fingerprint density at radius 1 is 1.17 bits per heavy atom. The van der Waals surface area contributed by atoms with Gasteiger partial charge in [0.15, 0.2) is 0 Å². The predicted molar refractivity (Wildman–Crippen MR) is 99.1 cm³/mol. The van der Waals surface area contributed by atoms with Crippen LogP contribution in [0.15, 0.2) is 57.9 Å². The van der Waals surface area contributed by atoms with Gasteiger partial charge in [0.05, 0.1) is 16.2 Å². The van der Waals surface area contributed by atoms with E-state index in [4.69, 9.17) is 0 Å². The maximum atomic E-state index is 12.4. The van der Waals surface area contributed by atoms with Crippen LogP contribution in [0.5, 0.6) is 0 Å². The molecule has 0 heterocycles. The van der Waals surface area contributed by atoms with Crippen LogP contribution in [0.3, 0.4) is 0 Å². The Morgan fingerprint density at radius 2 is 1.79 bits per heavy atom. The number of benzene rings is 2. The van der Waals surface area contributed by atoms with Crippen LogP contribution < -0.4 is 5.32 Å². The van der Waals surface area contributed by atoms with Gasteiger partial charge in [-0.2, -0.15) is 0 Å². The van der Waals surface area contributed by atoms with Crippen molar-refractivity contribution in [3.8, 4) is 0 Å². The van der Waals surface area contributed by atoms with Crippen LogP contribution in [-0.2, 0) is 4.79 Å². The van der Waals surface area contributed by atoms with Crippen molar-refractivity contribution in [1.82, 2.24) is 5.32 Å². The highest BCUT2D eigenvalue weighted by Crippen LogP contribution is 2.27. The normalized spacial score (nSPS) is 13.1. The molecule has 5 nitrogen and oxygen atoms in total. The van der Waals surface area contributed by atoms with Gasteiger partial charge in [-0.1, -0.05) is 34.1 Å². The number of hydrogen-bond donors (Lipinski definition) is 1. The fourth-order valence-corrected chi connectivity index (χ4v) is 3.64. The fraction of sp³-hybridized carbons (Fsp3) is 0.235. The number of carbonyl (C=O) groups is 1. The minimum atomic E-state index is -0.440. The summed E-state index contributed by atoms with van der Waals surface area (Å²) in [5.74, 6) is -0.0818. The highest BCUT2D eigenvalue weighted by Gasteiger charge is 2.18. The summed E-state index contributed by atoms with van der Waals surface area (Å²) >= 11 is 4.85. The van der Waals surface area contributed by atoms with Gasteiger partial charge in [0.1, 0.15) is 0 Å². The lowest BCUT2D eigenvalue weighted by Gasteiger charge is -2.18. The molecule has 0 bridgehead atoms. The fourth-order valence-electron chi connectivity index (χ4n) is 2.14. The first-order valence-electron chi connectivity index (χ1n) is 7.34. The third-order valence-electron chi connectivity index (χ3n) is 3.46. The van der Waals surface area contributed by atoms with Crippen LogP contribution in [0.2, 0.25) is 0 Å². The molecular weight excluding hydrogens is 392 g/mol. The van der Waals surface area contributed by atoms with E-state index < -0.39 is 4.92 Å². The number of nitrogens with zero attached hydrogens (tertiary/aromatic N) is 1. The van der Waals surface area contributed by atoms with Crippen molar-refractivity contribution in [2.24, 2.45) is 0 Å². The molecule has 0 aliphatic carbocycles. The Labute approximate surface area is 153 Å². The average Bonchev–Trinajstić information content (AvgIpc) is 2.55. The number of thioether (sulfide) groups is 1. The van der Waals surface area contributed by atoms with Gasteiger partial charge in [0.25, 0.3) is 5.69 Å². The summed E-state index contributed by atoms with van der Waals surface area (Å²) in [7, 11) is 0. The molecule has 126 valence electrons. The zero-order chi connectivity index (χ0) is 17.7. The van der Waals surface area contributed by atoms with Gasteiger partial charge in [-0.3, -0.25) is 14.9 Å². The maximum Gasteiger partial charge on any atom is 0.269 e. The van der Waals surface area contributed by atoms with Gasteiger partial charge >= 0.3 is 0 Å². The van der Waals surface area contributed by atoms with Crippen molar-refractivity contribution in [2.45, 2.75) is 30.0 Å². The summed E-state index contributed by atoms with van der Waals surface area (Å²) in [6, 6.07) is 13.8. The first kappa shape index (κ1) is 18.5. The van der Waals surface area contributed by atoms with Gasteiger partial charge in [-0.05, 0) is 37.6 Å². The number of carbonyl (C=O) groups excluding carboxylic acids is 1. The highest BCUT2D eigenvalue weighted by atomic mass is 79.9. The van der Waals surface area contributed by atoms with E-state index in [1.807, 2.05) is 38.1 Å². The van der Waals surface area contributed by atoms with Crippen molar-refractivity contribution in [3.05, 3.63) is 68.7 Å². The van der Waals surface area contributed by atoms with Crippen LogP contribution in [0.4, 0.5) is 5.69 Å². The Hall–Kier alpha value is -1.86. The number of amides is 1. The van der Waals surface area contributed by atoms with E-state index in [0.29, 0.717) is 0 Å². The van der Waals surface area contributed by atoms with Crippen LogP contribution in [-0.4, -0.2) is 16.1 Å². The molecule has 0 aliphatic rings. The quantitative estimate of drug-likeness (QED) is 0.426. The standard InChI is InChI=1S/C17H17BrN2O3S/c1-11(15-5-3-4-6-16(15)18)19-17(21)12(2)24-14-9-7-13(8-10-14)20(22)23/h3-12H,1-2H3,(H,19,21). The van der Waals surface area contributed by atoms with E-state index in [2.05, 4.69) is 21.2 Å². The summed E-state index contributed by atoms with van der Waals surface area (Å²) < 4.78 is 0.952. The van der Waals surface area contributed by atoms with Crippen molar-refractivity contribution in [3.63, 3.8) is 0 Å². The molecule has 0 aromatic heterocycles. The Balaban J connectivity index is 1.97. The number of nitro groups is 1. The number of hydrogen-bond acceptors (Lipinski definition) is 4. The zero-order valence-electron chi connectivity index (χ0n) is 13.2. The van der Waals surface area contributed by atoms with E-state index in [9.17, 15) is 14.9 Å². The second-order valence-corrected chi connectivity index (χ2v) is 7.53. The van der Waals surface area contributed by atoms with Crippen LogP contribution in [0.1, 0.15) is 25.5 Å². The smallest absolute Gasteiger partial charge is 0.269 e. The van der Waals surface area contributed by atoms with Crippen molar-refractivity contribution < 1.29 is 9.72 Å². The largest absolute Gasteiger partial charge is 0.349 e. The highest BCUT2D eigenvalue weighted by molar-refractivity contribution is 9.10. The summed E-state index contributed by atoms with van der Waals surface area (Å²) in [5.41, 5.74) is 1.05. The van der Waals surface area contributed by atoms with Crippen LogP contribution in [0.25, 0.3) is 0 Å². The molecule has 7 heteroatoms. The molecule has 0 fully saturated rings. The van der Waals surface area contributed by atoms with E-state index >= 15 is 0 Å². The molecule has 0 saturated carbocycles. The molecule has 0 radical (unpaired) electrons. The van der Waals surface area contributed by atoms with Crippen molar-refractivity contribution >= 4 is 39.3 Å². The number of rotatable bonds is 6. The molecule has 24 heavy (non-hydrogen) atoms. The molecule has 1 N–H and O–H groups in total. The lowest BCUT2D eigenvalue weighted by molar-refractivity contribution is -0.384.